The van der Waals surface area contributed by atoms with Crippen molar-refractivity contribution in [2.75, 3.05) is 0 Å². The standard InChI is InChI=1S/C11H9N3O2.2H2O/c15-8-4-5-9(10(16)7-8)13-14-11-3-1-2-6-12-11;;/h1-7,15-16H;2*1H2. The lowest BCUT2D eigenvalue weighted by atomic mass is 10.3. The molecule has 0 atom stereocenters. The Morgan fingerprint density at radius 3 is 2.33 bits per heavy atom. The maximum atomic E-state index is 9.44. The summed E-state index contributed by atoms with van der Waals surface area (Å²) in [5, 5.41) is 26.2. The van der Waals surface area contributed by atoms with Gasteiger partial charge in [-0.3, -0.25) is 0 Å². The second-order valence-corrected chi connectivity index (χ2v) is 3.06. The molecule has 0 aliphatic heterocycles. The largest absolute Gasteiger partial charge is 0.508 e. The van der Waals surface area contributed by atoms with Gasteiger partial charge < -0.3 is 21.2 Å². The third-order valence-corrected chi connectivity index (χ3v) is 1.87. The summed E-state index contributed by atoms with van der Waals surface area (Å²) < 4.78 is 0. The first kappa shape index (κ1) is 15.5. The average molecular weight is 251 g/mol. The molecule has 6 N–H and O–H groups in total. The summed E-state index contributed by atoms with van der Waals surface area (Å²) in [6.07, 6.45) is 1.60. The molecule has 0 saturated heterocycles. The lowest BCUT2D eigenvalue weighted by Gasteiger charge is -1.97. The molecule has 0 aliphatic carbocycles. The van der Waals surface area contributed by atoms with Crippen molar-refractivity contribution in [2.45, 2.75) is 0 Å². The Bertz CT molecular complexity index is 517. The van der Waals surface area contributed by atoms with Crippen molar-refractivity contribution in [1.29, 1.82) is 0 Å². The molecule has 0 saturated carbocycles. The minimum atomic E-state index is -0.125. The van der Waals surface area contributed by atoms with Gasteiger partial charge in [0.25, 0.3) is 0 Å². The molecule has 7 heteroatoms. The number of aromatic nitrogens is 1. The highest BCUT2D eigenvalue weighted by atomic mass is 16.3. The molecule has 1 aromatic carbocycles. The van der Waals surface area contributed by atoms with Gasteiger partial charge in [-0.25, -0.2) is 4.98 Å². The molecule has 0 amide bonds. The number of hydrogen-bond acceptors (Lipinski definition) is 5. The highest BCUT2D eigenvalue weighted by molar-refractivity contribution is 5.53. The maximum Gasteiger partial charge on any atom is 0.174 e. The van der Waals surface area contributed by atoms with Crippen LogP contribution in [0.3, 0.4) is 0 Å². The van der Waals surface area contributed by atoms with Crippen LogP contribution in [0.4, 0.5) is 11.5 Å². The summed E-state index contributed by atoms with van der Waals surface area (Å²) in [5.41, 5.74) is 0.281. The fourth-order valence-corrected chi connectivity index (χ4v) is 1.11. The van der Waals surface area contributed by atoms with Crippen LogP contribution in [0.15, 0.2) is 52.8 Å². The summed E-state index contributed by atoms with van der Waals surface area (Å²) in [5.74, 6) is 0.309. The molecule has 0 unspecified atom stereocenters. The fraction of sp³-hybridized carbons (Fsp3) is 0. The summed E-state index contributed by atoms with van der Waals surface area (Å²) in [4.78, 5) is 3.95. The van der Waals surface area contributed by atoms with Crippen LogP contribution in [0, 0.1) is 0 Å². The molecule has 0 spiro atoms. The van der Waals surface area contributed by atoms with Gasteiger partial charge in [0, 0.05) is 12.3 Å². The van der Waals surface area contributed by atoms with E-state index in [4.69, 9.17) is 5.11 Å². The second kappa shape index (κ2) is 6.94. The normalized spacial score (nSPS) is 9.56. The average Bonchev–Trinajstić information content (AvgIpc) is 2.29. The van der Waals surface area contributed by atoms with Crippen LogP contribution in [0.1, 0.15) is 0 Å². The minimum Gasteiger partial charge on any atom is -0.508 e. The van der Waals surface area contributed by atoms with E-state index in [1.807, 2.05) is 0 Å². The molecule has 2 rings (SSSR count). The summed E-state index contributed by atoms with van der Waals surface area (Å²) in [6.45, 7) is 0. The Hall–Kier alpha value is -2.51. The molecular weight excluding hydrogens is 238 g/mol. The molecule has 2 aromatic rings. The molecular formula is C11H13N3O4. The first-order chi connectivity index (χ1) is 7.75. The highest BCUT2D eigenvalue weighted by Crippen LogP contribution is 2.30. The van der Waals surface area contributed by atoms with Crippen molar-refractivity contribution < 1.29 is 21.2 Å². The molecule has 0 bridgehead atoms. The monoisotopic (exact) mass is 251 g/mol. The Labute approximate surface area is 103 Å². The number of nitrogens with zero attached hydrogens (tertiary/aromatic N) is 3. The summed E-state index contributed by atoms with van der Waals surface area (Å²) >= 11 is 0. The number of benzene rings is 1. The van der Waals surface area contributed by atoms with Crippen molar-refractivity contribution in [3.05, 3.63) is 42.6 Å². The molecule has 1 aromatic heterocycles. The SMILES string of the molecule is O.O.Oc1ccc(N=Nc2ccccn2)c(O)c1. The topological polar surface area (TPSA) is 141 Å². The van der Waals surface area contributed by atoms with E-state index in [1.165, 1.54) is 18.2 Å². The van der Waals surface area contributed by atoms with E-state index in [0.717, 1.165) is 0 Å². The van der Waals surface area contributed by atoms with E-state index in [2.05, 4.69) is 15.2 Å². The van der Waals surface area contributed by atoms with E-state index in [1.54, 1.807) is 24.4 Å². The first-order valence-electron chi connectivity index (χ1n) is 4.60. The van der Waals surface area contributed by atoms with Crippen LogP contribution in [-0.2, 0) is 0 Å². The zero-order valence-corrected chi connectivity index (χ0v) is 9.28. The van der Waals surface area contributed by atoms with Crippen LogP contribution in [0.2, 0.25) is 0 Å². The van der Waals surface area contributed by atoms with Gasteiger partial charge in [0.05, 0.1) is 0 Å². The molecule has 0 fully saturated rings. The van der Waals surface area contributed by atoms with Crippen molar-refractivity contribution in [1.82, 2.24) is 4.98 Å². The van der Waals surface area contributed by atoms with E-state index in [9.17, 15) is 5.11 Å². The van der Waals surface area contributed by atoms with E-state index < -0.39 is 0 Å². The second-order valence-electron chi connectivity index (χ2n) is 3.06. The number of phenolic OH excluding ortho intramolecular Hbond substituents is 2. The molecule has 18 heavy (non-hydrogen) atoms. The zero-order chi connectivity index (χ0) is 11.4. The van der Waals surface area contributed by atoms with Gasteiger partial charge in [0.1, 0.15) is 17.2 Å². The lowest BCUT2D eigenvalue weighted by molar-refractivity contribution is 0.451. The first-order valence-corrected chi connectivity index (χ1v) is 4.60. The van der Waals surface area contributed by atoms with Crippen LogP contribution in [-0.4, -0.2) is 26.1 Å². The lowest BCUT2D eigenvalue weighted by Crippen LogP contribution is -1.70. The van der Waals surface area contributed by atoms with Gasteiger partial charge in [0.2, 0.25) is 0 Å². The Morgan fingerprint density at radius 2 is 1.72 bits per heavy atom. The molecule has 1 heterocycles. The number of pyridine rings is 1. The number of azo groups is 1. The quantitative estimate of drug-likeness (QED) is 0.775. The van der Waals surface area contributed by atoms with Crippen LogP contribution >= 0.6 is 0 Å². The third-order valence-electron chi connectivity index (χ3n) is 1.87. The minimum absolute atomic E-state index is 0. The molecule has 0 radical (unpaired) electrons. The smallest absolute Gasteiger partial charge is 0.174 e. The maximum absolute atomic E-state index is 9.44. The van der Waals surface area contributed by atoms with E-state index in [0.29, 0.717) is 5.82 Å². The number of rotatable bonds is 2. The summed E-state index contributed by atoms with van der Waals surface area (Å²) in [7, 11) is 0. The van der Waals surface area contributed by atoms with Crippen molar-refractivity contribution >= 4 is 11.5 Å². The number of phenols is 2. The molecule has 7 nitrogen and oxygen atoms in total. The number of aromatic hydroxyl groups is 2. The van der Waals surface area contributed by atoms with Gasteiger partial charge in [-0.05, 0) is 24.3 Å². The molecule has 96 valence electrons. The van der Waals surface area contributed by atoms with Crippen LogP contribution in [0.25, 0.3) is 0 Å². The Kier molecular flexibility index (Phi) is 5.97. The van der Waals surface area contributed by atoms with E-state index >= 15 is 0 Å². The zero-order valence-electron chi connectivity index (χ0n) is 9.28. The van der Waals surface area contributed by atoms with Crippen molar-refractivity contribution in [2.24, 2.45) is 10.2 Å². The van der Waals surface area contributed by atoms with Gasteiger partial charge in [0.15, 0.2) is 5.82 Å². The van der Waals surface area contributed by atoms with Crippen LogP contribution < -0.4 is 0 Å². The van der Waals surface area contributed by atoms with Gasteiger partial charge in [-0.15, -0.1) is 10.2 Å². The van der Waals surface area contributed by atoms with Gasteiger partial charge in [-0.1, -0.05) is 6.07 Å². The summed E-state index contributed by atoms with van der Waals surface area (Å²) in [6, 6.07) is 9.35. The van der Waals surface area contributed by atoms with Gasteiger partial charge >= 0.3 is 0 Å². The predicted octanol–water partition coefficient (Wildman–Crippen LogP) is 1.26. The highest BCUT2D eigenvalue weighted by Gasteiger charge is 2.00. The fourth-order valence-electron chi connectivity index (χ4n) is 1.11. The van der Waals surface area contributed by atoms with Crippen LogP contribution in [0.5, 0.6) is 11.5 Å². The van der Waals surface area contributed by atoms with Gasteiger partial charge in [-0.2, -0.15) is 0 Å². The predicted molar refractivity (Wildman–Crippen MR) is 65.4 cm³/mol. The Balaban J connectivity index is 0.00000144. The van der Waals surface area contributed by atoms with E-state index in [-0.39, 0.29) is 28.1 Å². The Morgan fingerprint density at radius 1 is 0.944 bits per heavy atom. The third kappa shape index (κ3) is 3.81. The van der Waals surface area contributed by atoms with Crippen molar-refractivity contribution in [3.63, 3.8) is 0 Å². The van der Waals surface area contributed by atoms with Crippen molar-refractivity contribution in [3.8, 4) is 11.5 Å². The molecule has 0 aliphatic rings. The number of hydrogen-bond donors (Lipinski definition) is 2.